The first-order chi connectivity index (χ1) is 11.0. The number of hydrogen-bond donors (Lipinski definition) is 1. The van der Waals surface area contributed by atoms with Crippen molar-refractivity contribution < 1.29 is 18.3 Å². The average Bonchev–Trinajstić information content (AvgIpc) is 2.89. The number of nitrogens with one attached hydrogen (secondary N) is 1. The molecule has 1 heterocycles. The first-order valence-corrected chi connectivity index (χ1v) is 7.58. The number of fused-ring (bicyclic) bond motifs is 1. The molecule has 3 aromatic rings. The predicted octanol–water partition coefficient (Wildman–Crippen LogP) is 4.11. The van der Waals surface area contributed by atoms with E-state index in [1.807, 2.05) is 0 Å². The number of halogens is 2. The van der Waals surface area contributed by atoms with Crippen LogP contribution >= 0.6 is 11.3 Å². The molecule has 1 amide bonds. The molecule has 23 heavy (non-hydrogen) atoms. The number of benzene rings is 2. The van der Waals surface area contributed by atoms with Crippen LogP contribution in [0.15, 0.2) is 36.4 Å². The largest absolute Gasteiger partial charge is 0.486 e. The third kappa shape index (κ3) is 3.62. The van der Waals surface area contributed by atoms with Gasteiger partial charge in [0.2, 0.25) is 5.91 Å². The van der Waals surface area contributed by atoms with E-state index in [-0.39, 0.29) is 18.0 Å². The van der Waals surface area contributed by atoms with Gasteiger partial charge in [-0.3, -0.25) is 4.79 Å². The van der Waals surface area contributed by atoms with Gasteiger partial charge >= 0.3 is 0 Å². The average molecular weight is 334 g/mol. The second kappa shape index (κ2) is 6.29. The van der Waals surface area contributed by atoms with Gasteiger partial charge in [0, 0.05) is 18.7 Å². The molecule has 0 spiro atoms. The van der Waals surface area contributed by atoms with E-state index in [9.17, 15) is 13.6 Å². The van der Waals surface area contributed by atoms with Gasteiger partial charge in [-0.2, -0.15) is 0 Å². The Hall–Kier alpha value is -2.54. The van der Waals surface area contributed by atoms with Gasteiger partial charge in [-0.15, -0.1) is 11.3 Å². The van der Waals surface area contributed by atoms with E-state index in [1.165, 1.54) is 24.3 Å². The molecule has 3 rings (SSSR count). The molecular formula is C16H12F2N2O2S. The molecule has 1 N–H and O–H groups in total. The molecule has 4 nitrogen and oxygen atoms in total. The van der Waals surface area contributed by atoms with Crippen molar-refractivity contribution >= 4 is 33.1 Å². The normalized spacial score (nSPS) is 10.7. The maximum absolute atomic E-state index is 13.6. The maximum Gasteiger partial charge on any atom is 0.221 e. The van der Waals surface area contributed by atoms with Crippen LogP contribution in [0.3, 0.4) is 0 Å². The second-order valence-electron chi connectivity index (χ2n) is 4.84. The van der Waals surface area contributed by atoms with E-state index < -0.39 is 11.6 Å². The predicted molar refractivity (Wildman–Crippen MR) is 84.6 cm³/mol. The van der Waals surface area contributed by atoms with Crippen molar-refractivity contribution in [3.8, 4) is 5.75 Å². The van der Waals surface area contributed by atoms with Crippen LogP contribution in [0.2, 0.25) is 0 Å². The molecule has 0 aliphatic heterocycles. The lowest BCUT2D eigenvalue weighted by atomic mass is 10.3. The fourth-order valence-corrected chi connectivity index (χ4v) is 2.97. The summed E-state index contributed by atoms with van der Waals surface area (Å²) in [5.74, 6) is -0.866. The van der Waals surface area contributed by atoms with E-state index in [1.54, 1.807) is 24.3 Å². The molecule has 118 valence electrons. The monoisotopic (exact) mass is 334 g/mol. The van der Waals surface area contributed by atoms with Gasteiger partial charge in [-0.25, -0.2) is 13.8 Å². The van der Waals surface area contributed by atoms with Crippen LogP contribution < -0.4 is 10.1 Å². The Morgan fingerprint density at radius 1 is 1.26 bits per heavy atom. The van der Waals surface area contributed by atoms with Crippen LogP contribution in [-0.2, 0) is 11.4 Å². The minimum absolute atomic E-state index is 0.149. The zero-order valence-corrected chi connectivity index (χ0v) is 12.9. The van der Waals surface area contributed by atoms with Gasteiger partial charge < -0.3 is 10.1 Å². The highest BCUT2D eigenvalue weighted by Crippen LogP contribution is 2.26. The van der Waals surface area contributed by atoms with Gasteiger partial charge in [0.25, 0.3) is 0 Å². The van der Waals surface area contributed by atoms with E-state index >= 15 is 0 Å². The Balaban J connectivity index is 1.70. The summed E-state index contributed by atoms with van der Waals surface area (Å²) in [7, 11) is 0. The van der Waals surface area contributed by atoms with Crippen molar-refractivity contribution in [3.63, 3.8) is 0 Å². The maximum atomic E-state index is 13.6. The molecule has 0 aliphatic rings. The van der Waals surface area contributed by atoms with Crippen LogP contribution in [0.5, 0.6) is 5.75 Å². The standard InChI is InChI=1S/C16H12F2N2O2S/c1-9(21)19-11-2-4-12(5-3-11)22-8-15-20-16-13(18)6-10(17)7-14(16)23-15/h2-7H,8H2,1H3,(H,19,21). The summed E-state index contributed by atoms with van der Waals surface area (Å²) in [6.07, 6.45) is 0. The minimum atomic E-state index is -0.679. The minimum Gasteiger partial charge on any atom is -0.486 e. The zero-order chi connectivity index (χ0) is 16.4. The molecule has 0 bridgehead atoms. The smallest absolute Gasteiger partial charge is 0.221 e. The molecule has 0 fully saturated rings. The number of hydrogen-bond acceptors (Lipinski definition) is 4. The van der Waals surface area contributed by atoms with Crippen molar-refractivity contribution in [3.05, 3.63) is 53.0 Å². The second-order valence-corrected chi connectivity index (χ2v) is 5.95. The molecule has 0 saturated heterocycles. The summed E-state index contributed by atoms with van der Waals surface area (Å²) in [6.45, 7) is 1.58. The highest BCUT2D eigenvalue weighted by atomic mass is 32.1. The Labute approximate surface area is 134 Å². The van der Waals surface area contributed by atoms with Crippen molar-refractivity contribution in [2.75, 3.05) is 5.32 Å². The molecule has 0 radical (unpaired) electrons. The first-order valence-electron chi connectivity index (χ1n) is 6.76. The quantitative estimate of drug-likeness (QED) is 0.781. The number of aromatic nitrogens is 1. The summed E-state index contributed by atoms with van der Waals surface area (Å²) >= 11 is 1.18. The number of nitrogens with zero attached hydrogens (tertiary/aromatic N) is 1. The summed E-state index contributed by atoms with van der Waals surface area (Å²) in [6, 6.07) is 8.90. The number of carbonyl (C=O) groups is 1. The number of carbonyl (C=O) groups excluding carboxylic acids is 1. The van der Waals surface area contributed by atoms with Gasteiger partial charge in [-0.05, 0) is 30.3 Å². The highest BCUT2D eigenvalue weighted by molar-refractivity contribution is 7.18. The third-order valence-electron chi connectivity index (χ3n) is 2.99. The summed E-state index contributed by atoms with van der Waals surface area (Å²) in [5, 5.41) is 3.20. The topological polar surface area (TPSA) is 51.2 Å². The number of ether oxygens (including phenoxy) is 1. The molecule has 0 atom stereocenters. The first kappa shape index (κ1) is 15.4. The lowest BCUT2D eigenvalue weighted by Crippen LogP contribution is -2.05. The molecule has 2 aromatic carbocycles. The molecule has 7 heteroatoms. The van der Waals surface area contributed by atoms with Gasteiger partial charge in [-0.1, -0.05) is 0 Å². The molecular weight excluding hydrogens is 322 g/mol. The van der Waals surface area contributed by atoms with Crippen LogP contribution in [-0.4, -0.2) is 10.9 Å². The van der Waals surface area contributed by atoms with Gasteiger partial charge in [0.1, 0.15) is 28.7 Å². The fourth-order valence-electron chi connectivity index (χ4n) is 2.05. The van der Waals surface area contributed by atoms with Gasteiger partial charge in [0.15, 0.2) is 5.82 Å². The van der Waals surface area contributed by atoms with E-state index in [0.717, 1.165) is 6.07 Å². The molecule has 0 aliphatic carbocycles. The number of anilines is 1. The summed E-state index contributed by atoms with van der Waals surface area (Å²) in [4.78, 5) is 15.1. The highest BCUT2D eigenvalue weighted by Gasteiger charge is 2.11. The lowest BCUT2D eigenvalue weighted by Gasteiger charge is -2.05. The lowest BCUT2D eigenvalue weighted by molar-refractivity contribution is -0.114. The number of thiazole rings is 1. The summed E-state index contributed by atoms with van der Waals surface area (Å²) in [5.41, 5.74) is 0.818. The van der Waals surface area contributed by atoms with Gasteiger partial charge in [0.05, 0.1) is 4.70 Å². The van der Waals surface area contributed by atoms with Crippen molar-refractivity contribution in [2.45, 2.75) is 13.5 Å². The fraction of sp³-hybridized carbons (Fsp3) is 0.125. The number of amides is 1. The Bertz CT molecular complexity index is 862. The van der Waals surface area contributed by atoms with Crippen molar-refractivity contribution in [1.82, 2.24) is 4.98 Å². The van der Waals surface area contributed by atoms with Crippen LogP contribution in [0.1, 0.15) is 11.9 Å². The van der Waals surface area contributed by atoms with Crippen molar-refractivity contribution in [1.29, 1.82) is 0 Å². The third-order valence-corrected chi connectivity index (χ3v) is 3.97. The van der Waals surface area contributed by atoms with Crippen LogP contribution in [0, 0.1) is 11.6 Å². The van der Waals surface area contributed by atoms with Crippen LogP contribution in [0.25, 0.3) is 10.2 Å². The van der Waals surface area contributed by atoms with E-state index in [4.69, 9.17) is 4.74 Å². The Morgan fingerprint density at radius 2 is 2.00 bits per heavy atom. The van der Waals surface area contributed by atoms with E-state index in [0.29, 0.717) is 21.1 Å². The Kier molecular flexibility index (Phi) is 4.20. The number of rotatable bonds is 4. The van der Waals surface area contributed by atoms with E-state index in [2.05, 4.69) is 10.3 Å². The zero-order valence-electron chi connectivity index (χ0n) is 12.1. The Morgan fingerprint density at radius 3 is 2.70 bits per heavy atom. The summed E-state index contributed by atoms with van der Waals surface area (Å²) < 4.78 is 32.8. The molecule has 0 unspecified atom stereocenters. The molecule has 0 saturated carbocycles. The van der Waals surface area contributed by atoms with Crippen molar-refractivity contribution in [2.24, 2.45) is 0 Å². The SMILES string of the molecule is CC(=O)Nc1ccc(OCc2nc3c(F)cc(F)cc3s2)cc1. The van der Waals surface area contributed by atoms with Crippen LogP contribution in [0.4, 0.5) is 14.5 Å². The molecule has 1 aromatic heterocycles.